The van der Waals surface area contributed by atoms with E-state index in [0.717, 1.165) is 55.1 Å². The molecule has 3 aliphatic heterocycles. The number of carbonyl (C=O) groups excluding carboxylic acids is 4. The van der Waals surface area contributed by atoms with Crippen LogP contribution in [-0.2, 0) is 35.5 Å². The molecule has 16 heteroatoms. The van der Waals surface area contributed by atoms with Crippen molar-refractivity contribution < 1.29 is 37.1 Å². The predicted octanol–water partition coefficient (Wildman–Crippen LogP) is 5.73. The van der Waals surface area contributed by atoms with Crippen LogP contribution in [0.25, 0.3) is 0 Å². The molecular formula is C42H52F3N7O5S. The van der Waals surface area contributed by atoms with Crippen LogP contribution in [-0.4, -0.2) is 106 Å². The zero-order chi connectivity index (χ0) is 42.2. The van der Waals surface area contributed by atoms with Gasteiger partial charge in [0.25, 0.3) is 5.91 Å². The van der Waals surface area contributed by atoms with E-state index in [-0.39, 0.29) is 59.3 Å². The molecule has 312 valence electrons. The second kappa shape index (κ2) is 17.0. The second-order valence-electron chi connectivity index (χ2n) is 16.6. The molecule has 3 atom stereocenters. The SMILES string of the molecule is CC[C@@]1(c2ccc(NC(=O)CN3[C@H](C)CN(CCO[C@H]4CC[C@H](N5C(=S)N(c6ccc(C#N)c(C(F)(F)F)c6)C(=O)C5(C)C)CC4)C[C@@H]3C)cc2)CCC(=O)NC1=O. The smallest absolute Gasteiger partial charge is 0.377 e. The predicted molar refractivity (Wildman–Crippen MR) is 216 cm³/mol. The van der Waals surface area contributed by atoms with E-state index in [1.807, 2.05) is 24.0 Å². The minimum Gasteiger partial charge on any atom is -0.377 e. The number of halogens is 3. The molecule has 58 heavy (non-hydrogen) atoms. The van der Waals surface area contributed by atoms with Gasteiger partial charge in [0.2, 0.25) is 17.7 Å². The lowest BCUT2D eigenvalue weighted by molar-refractivity contribution is -0.139. The first kappa shape index (κ1) is 43.2. The van der Waals surface area contributed by atoms with Gasteiger partial charge in [-0.05, 0) is 114 Å². The zero-order valence-electron chi connectivity index (χ0n) is 33.7. The maximum atomic E-state index is 13.7. The monoisotopic (exact) mass is 823 g/mol. The van der Waals surface area contributed by atoms with Crippen molar-refractivity contribution in [3.05, 3.63) is 59.2 Å². The summed E-state index contributed by atoms with van der Waals surface area (Å²) in [6.07, 6.45) is -0.518. The Labute approximate surface area is 343 Å². The molecule has 0 unspecified atom stereocenters. The Kier molecular flexibility index (Phi) is 12.7. The van der Waals surface area contributed by atoms with Crippen molar-refractivity contribution >= 4 is 52.3 Å². The average Bonchev–Trinajstić information content (AvgIpc) is 3.35. The number of ether oxygens (including phenoxy) is 1. The number of piperazine rings is 1. The van der Waals surface area contributed by atoms with E-state index in [0.29, 0.717) is 44.4 Å². The molecular weight excluding hydrogens is 772 g/mol. The van der Waals surface area contributed by atoms with Crippen LogP contribution in [0.5, 0.6) is 0 Å². The van der Waals surface area contributed by atoms with Gasteiger partial charge in [0.1, 0.15) is 5.54 Å². The van der Waals surface area contributed by atoms with E-state index in [1.165, 1.54) is 6.07 Å². The van der Waals surface area contributed by atoms with Gasteiger partial charge in [-0.15, -0.1) is 0 Å². The maximum Gasteiger partial charge on any atom is 0.417 e. The number of nitrogens with one attached hydrogen (secondary N) is 2. The number of rotatable bonds is 11. The van der Waals surface area contributed by atoms with Crippen LogP contribution in [0, 0.1) is 11.3 Å². The fourth-order valence-electron chi connectivity index (χ4n) is 9.24. The third-order valence-electron chi connectivity index (χ3n) is 12.5. The molecule has 4 fully saturated rings. The maximum absolute atomic E-state index is 13.7. The topological polar surface area (TPSA) is 138 Å². The number of thiocarbonyl (C=S) groups is 1. The lowest BCUT2D eigenvalue weighted by Gasteiger charge is -2.44. The molecule has 0 aromatic heterocycles. The number of piperidine rings is 1. The first-order valence-corrected chi connectivity index (χ1v) is 20.4. The molecule has 3 heterocycles. The largest absolute Gasteiger partial charge is 0.417 e. The molecule has 1 saturated carbocycles. The van der Waals surface area contributed by atoms with Crippen molar-refractivity contribution in [1.82, 2.24) is 20.0 Å². The van der Waals surface area contributed by atoms with Crippen molar-refractivity contribution in [3.63, 3.8) is 0 Å². The van der Waals surface area contributed by atoms with E-state index >= 15 is 0 Å². The van der Waals surface area contributed by atoms with E-state index in [9.17, 15) is 37.6 Å². The molecule has 12 nitrogen and oxygen atoms in total. The lowest BCUT2D eigenvalue weighted by atomic mass is 9.72. The summed E-state index contributed by atoms with van der Waals surface area (Å²) < 4.78 is 47.5. The summed E-state index contributed by atoms with van der Waals surface area (Å²) in [5.41, 5.74) is -1.99. The van der Waals surface area contributed by atoms with Gasteiger partial charge in [-0.3, -0.25) is 39.2 Å². The Bertz CT molecular complexity index is 1950. The average molecular weight is 824 g/mol. The number of nitriles is 1. The quantitative estimate of drug-likeness (QED) is 0.214. The fourth-order valence-corrected chi connectivity index (χ4v) is 9.80. The second-order valence-corrected chi connectivity index (χ2v) is 16.9. The van der Waals surface area contributed by atoms with Crippen LogP contribution in [0.1, 0.15) is 96.3 Å². The summed E-state index contributed by atoms with van der Waals surface area (Å²) >= 11 is 5.74. The van der Waals surface area contributed by atoms with Crippen LogP contribution in [0.3, 0.4) is 0 Å². The standard InChI is InChI=1S/C42H52F3N7O5S/c1-6-41(18-17-35(53)48-37(41)55)29-8-10-30(11-9-29)47-36(54)25-50-26(2)23-49(24-27(50)3)19-20-57-33-15-13-31(14-16-33)52-39(58)51(38(56)40(52,4)5)32-12-7-28(22-46)34(21-32)42(43,44)45/h7-12,21,26-27,31,33H,6,13-20,23-25H2,1-5H3,(H,47,54)(H,48,53,55)/t26-,27+,31-,33-,41-/m0/s1. The number of nitrogens with zero attached hydrogens (tertiary/aromatic N) is 5. The van der Waals surface area contributed by atoms with Crippen LogP contribution in [0.4, 0.5) is 24.5 Å². The van der Waals surface area contributed by atoms with Crippen LogP contribution >= 0.6 is 12.2 Å². The van der Waals surface area contributed by atoms with E-state index in [4.69, 9.17) is 17.0 Å². The Morgan fingerprint density at radius 2 is 1.69 bits per heavy atom. The van der Waals surface area contributed by atoms with E-state index in [1.54, 1.807) is 32.0 Å². The third-order valence-corrected chi connectivity index (χ3v) is 12.9. The van der Waals surface area contributed by atoms with Crippen LogP contribution in [0.15, 0.2) is 42.5 Å². The molecule has 0 bridgehead atoms. The number of hydrogen-bond acceptors (Lipinski definition) is 9. The molecule has 2 aromatic carbocycles. The fraction of sp³-hybridized carbons (Fsp3) is 0.571. The molecule has 4 amide bonds. The summed E-state index contributed by atoms with van der Waals surface area (Å²) in [5, 5.41) is 14.8. The van der Waals surface area contributed by atoms with Gasteiger partial charge >= 0.3 is 6.18 Å². The lowest BCUT2D eigenvalue weighted by Crippen LogP contribution is -2.58. The van der Waals surface area contributed by atoms with Gasteiger partial charge in [-0.2, -0.15) is 18.4 Å². The van der Waals surface area contributed by atoms with Crippen molar-refractivity contribution in [3.8, 4) is 6.07 Å². The first-order valence-electron chi connectivity index (χ1n) is 20.0. The highest BCUT2D eigenvalue weighted by atomic mass is 32.1. The van der Waals surface area contributed by atoms with Gasteiger partial charge in [0.05, 0.1) is 47.6 Å². The van der Waals surface area contributed by atoms with E-state index < -0.39 is 34.2 Å². The Morgan fingerprint density at radius 1 is 1.03 bits per heavy atom. The molecule has 0 radical (unpaired) electrons. The zero-order valence-corrected chi connectivity index (χ0v) is 34.5. The molecule has 3 saturated heterocycles. The number of amides is 4. The summed E-state index contributed by atoms with van der Waals surface area (Å²) in [4.78, 5) is 58.9. The van der Waals surface area contributed by atoms with Gasteiger partial charge in [0.15, 0.2) is 5.11 Å². The molecule has 2 N–H and O–H groups in total. The van der Waals surface area contributed by atoms with Crippen LogP contribution < -0.4 is 15.5 Å². The minimum atomic E-state index is -4.76. The minimum absolute atomic E-state index is 0.0118. The van der Waals surface area contributed by atoms with Crippen molar-refractivity contribution in [2.24, 2.45) is 0 Å². The van der Waals surface area contributed by atoms with Crippen LogP contribution in [0.2, 0.25) is 0 Å². The molecule has 6 rings (SSSR count). The van der Waals surface area contributed by atoms with Crippen molar-refractivity contribution in [1.29, 1.82) is 5.26 Å². The highest BCUT2D eigenvalue weighted by molar-refractivity contribution is 7.80. The van der Waals surface area contributed by atoms with Crippen molar-refractivity contribution in [2.45, 2.75) is 121 Å². The normalized spacial score (nSPS) is 27.1. The number of imide groups is 1. The summed E-state index contributed by atoms with van der Waals surface area (Å²) in [6.45, 7) is 12.7. The molecule has 2 aromatic rings. The molecule has 4 aliphatic rings. The van der Waals surface area contributed by atoms with Gasteiger partial charge < -0.3 is 15.0 Å². The Balaban J connectivity index is 0.950. The molecule has 0 spiro atoms. The highest BCUT2D eigenvalue weighted by Gasteiger charge is 2.53. The van der Waals surface area contributed by atoms with Gasteiger partial charge in [0, 0.05) is 49.9 Å². The number of benzene rings is 2. The number of carbonyl (C=O) groups is 4. The summed E-state index contributed by atoms with van der Waals surface area (Å²) in [6, 6.07) is 12.3. The van der Waals surface area contributed by atoms with Gasteiger partial charge in [-0.1, -0.05) is 19.1 Å². The first-order chi connectivity index (χ1) is 27.4. The Morgan fingerprint density at radius 3 is 2.28 bits per heavy atom. The summed E-state index contributed by atoms with van der Waals surface area (Å²) in [5.74, 6) is -1.07. The molecule has 1 aliphatic carbocycles. The summed E-state index contributed by atoms with van der Waals surface area (Å²) in [7, 11) is 0. The van der Waals surface area contributed by atoms with E-state index in [2.05, 4.69) is 34.3 Å². The third kappa shape index (κ3) is 8.64. The van der Waals surface area contributed by atoms with Gasteiger partial charge in [-0.25, -0.2) is 0 Å². The number of hydrogen-bond donors (Lipinski definition) is 2. The highest BCUT2D eigenvalue weighted by Crippen LogP contribution is 2.41. The van der Waals surface area contributed by atoms with Crippen molar-refractivity contribution in [2.75, 3.05) is 43.0 Å². The number of alkyl halides is 3. The number of anilines is 2. The Hall–Kier alpha value is -4.43.